The van der Waals surface area contributed by atoms with Crippen LogP contribution in [-0.4, -0.2) is 14.9 Å². The number of nitrogens with two attached hydrogens (primary N) is 1. The van der Waals surface area contributed by atoms with Crippen molar-refractivity contribution in [1.82, 2.24) is 9.97 Å². The van der Waals surface area contributed by atoms with E-state index in [-0.39, 0.29) is 5.69 Å². The predicted molar refractivity (Wildman–Crippen MR) is 74.8 cm³/mol. The van der Waals surface area contributed by atoms with Crippen molar-refractivity contribution >= 4 is 39.3 Å². The van der Waals surface area contributed by atoms with Gasteiger partial charge < -0.3 is 0 Å². The van der Waals surface area contributed by atoms with E-state index in [9.17, 15) is 10.1 Å². The lowest BCUT2D eigenvalue weighted by atomic mass is 10.3. The minimum Gasteiger partial charge on any atom is -0.292 e. The standard InChI is InChI=1S/C10H8BrN5O2S/c11-8-5-13-10(15-12)14-9(8)19-7-3-1-6(2-4-7)16(17)18/h1-5H,12H2,(H,13,14,15). The number of nitro benzene ring substituents is 1. The van der Waals surface area contributed by atoms with Gasteiger partial charge in [-0.05, 0) is 28.1 Å². The van der Waals surface area contributed by atoms with Crippen LogP contribution in [0, 0.1) is 10.1 Å². The summed E-state index contributed by atoms with van der Waals surface area (Å²) < 4.78 is 0.717. The minimum absolute atomic E-state index is 0.0513. The Labute approximate surface area is 120 Å². The quantitative estimate of drug-likeness (QED) is 0.381. The maximum absolute atomic E-state index is 10.6. The molecule has 0 aliphatic rings. The third-order valence-electron chi connectivity index (χ3n) is 2.10. The van der Waals surface area contributed by atoms with E-state index < -0.39 is 4.92 Å². The fourth-order valence-electron chi connectivity index (χ4n) is 1.24. The largest absolute Gasteiger partial charge is 0.292 e. The molecule has 0 spiro atoms. The van der Waals surface area contributed by atoms with Crippen molar-refractivity contribution in [2.45, 2.75) is 9.92 Å². The molecule has 0 saturated carbocycles. The molecule has 0 unspecified atom stereocenters. The molecule has 0 aliphatic heterocycles. The van der Waals surface area contributed by atoms with Crippen molar-refractivity contribution in [2.75, 3.05) is 5.43 Å². The Morgan fingerprint density at radius 3 is 2.63 bits per heavy atom. The molecule has 9 heteroatoms. The summed E-state index contributed by atoms with van der Waals surface area (Å²) in [6.07, 6.45) is 1.58. The van der Waals surface area contributed by atoms with Gasteiger partial charge in [0, 0.05) is 23.2 Å². The number of hydrazine groups is 1. The van der Waals surface area contributed by atoms with Gasteiger partial charge in [0.25, 0.3) is 5.69 Å². The number of rotatable bonds is 4. The van der Waals surface area contributed by atoms with Crippen LogP contribution in [0.1, 0.15) is 0 Å². The Balaban J connectivity index is 2.23. The Morgan fingerprint density at radius 2 is 2.05 bits per heavy atom. The third-order valence-corrected chi connectivity index (χ3v) is 3.96. The van der Waals surface area contributed by atoms with Crippen LogP contribution in [-0.2, 0) is 0 Å². The first-order valence-corrected chi connectivity index (χ1v) is 6.62. The summed E-state index contributed by atoms with van der Waals surface area (Å²) in [5, 5.41) is 11.2. The minimum atomic E-state index is -0.439. The van der Waals surface area contributed by atoms with E-state index in [4.69, 9.17) is 5.84 Å². The van der Waals surface area contributed by atoms with Crippen LogP contribution in [0.3, 0.4) is 0 Å². The van der Waals surface area contributed by atoms with E-state index >= 15 is 0 Å². The van der Waals surface area contributed by atoms with Crippen LogP contribution < -0.4 is 11.3 Å². The fraction of sp³-hybridized carbons (Fsp3) is 0. The van der Waals surface area contributed by atoms with Crippen LogP contribution in [0.15, 0.2) is 44.9 Å². The Hall–Kier alpha value is -1.71. The summed E-state index contributed by atoms with van der Waals surface area (Å²) in [7, 11) is 0. The van der Waals surface area contributed by atoms with Crippen molar-refractivity contribution in [2.24, 2.45) is 5.84 Å². The Kier molecular flexibility index (Phi) is 4.30. The van der Waals surface area contributed by atoms with Crippen molar-refractivity contribution in [3.05, 3.63) is 45.0 Å². The maximum atomic E-state index is 10.6. The average molecular weight is 342 g/mol. The molecule has 0 radical (unpaired) electrons. The molecule has 0 aliphatic carbocycles. The summed E-state index contributed by atoms with van der Waals surface area (Å²) in [6, 6.07) is 6.21. The number of nitrogens with one attached hydrogen (secondary N) is 1. The predicted octanol–water partition coefficient (Wildman–Crippen LogP) is 2.58. The zero-order chi connectivity index (χ0) is 13.8. The van der Waals surface area contributed by atoms with Gasteiger partial charge in [-0.1, -0.05) is 11.8 Å². The summed E-state index contributed by atoms with van der Waals surface area (Å²) in [6.45, 7) is 0. The highest BCUT2D eigenvalue weighted by Crippen LogP contribution is 2.32. The molecule has 3 N–H and O–H groups in total. The van der Waals surface area contributed by atoms with E-state index in [0.717, 1.165) is 9.37 Å². The monoisotopic (exact) mass is 341 g/mol. The van der Waals surface area contributed by atoms with E-state index in [1.807, 2.05) is 0 Å². The van der Waals surface area contributed by atoms with Gasteiger partial charge in [-0.25, -0.2) is 15.8 Å². The van der Waals surface area contributed by atoms with Gasteiger partial charge in [-0.3, -0.25) is 15.5 Å². The van der Waals surface area contributed by atoms with E-state index in [0.29, 0.717) is 11.0 Å². The molecule has 2 rings (SSSR count). The third kappa shape index (κ3) is 3.40. The molecule has 0 amide bonds. The van der Waals surface area contributed by atoms with Gasteiger partial charge in [0.05, 0.1) is 9.40 Å². The first kappa shape index (κ1) is 13.7. The summed E-state index contributed by atoms with van der Waals surface area (Å²) in [5.74, 6) is 5.54. The number of anilines is 1. The topological polar surface area (TPSA) is 107 Å². The molecule has 98 valence electrons. The Morgan fingerprint density at radius 1 is 1.37 bits per heavy atom. The van der Waals surface area contributed by atoms with Crippen molar-refractivity contribution < 1.29 is 4.92 Å². The highest BCUT2D eigenvalue weighted by molar-refractivity contribution is 9.10. The van der Waals surface area contributed by atoms with Crippen molar-refractivity contribution in [3.8, 4) is 0 Å². The molecule has 1 aromatic carbocycles. The molecular weight excluding hydrogens is 334 g/mol. The van der Waals surface area contributed by atoms with Crippen molar-refractivity contribution in [1.29, 1.82) is 0 Å². The zero-order valence-electron chi connectivity index (χ0n) is 9.41. The van der Waals surface area contributed by atoms with Crippen LogP contribution in [0.2, 0.25) is 0 Å². The van der Waals surface area contributed by atoms with Crippen molar-refractivity contribution in [3.63, 3.8) is 0 Å². The van der Waals surface area contributed by atoms with Gasteiger partial charge in [0.2, 0.25) is 5.95 Å². The average Bonchev–Trinajstić information content (AvgIpc) is 2.42. The number of halogens is 1. The van der Waals surface area contributed by atoms with E-state index in [1.165, 1.54) is 23.9 Å². The molecule has 1 aromatic heterocycles. The maximum Gasteiger partial charge on any atom is 0.269 e. The first-order chi connectivity index (χ1) is 9.10. The second-order valence-electron chi connectivity index (χ2n) is 3.34. The summed E-state index contributed by atoms with van der Waals surface area (Å²) in [5.41, 5.74) is 2.41. The van der Waals surface area contributed by atoms with Gasteiger partial charge in [0.15, 0.2) is 0 Å². The number of nitro groups is 1. The summed E-state index contributed by atoms with van der Waals surface area (Å²) in [4.78, 5) is 19.1. The summed E-state index contributed by atoms with van der Waals surface area (Å²) >= 11 is 4.68. The van der Waals surface area contributed by atoms with E-state index in [1.54, 1.807) is 18.3 Å². The lowest BCUT2D eigenvalue weighted by Crippen LogP contribution is -2.10. The highest BCUT2D eigenvalue weighted by atomic mass is 79.9. The number of non-ortho nitro benzene ring substituents is 1. The molecule has 0 atom stereocenters. The molecule has 2 aromatic rings. The number of hydrogen-bond donors (Lipinski definition) is 2. The van der Waals surface area contributed by atoms with Crippen LogP contribution in [0.4, 0.5) is 11.6 Å². The number of nitrogen functional groups attached to an aromatic ring is 1. The second kappa shape index (κ2) is 5.95. The zero-order valence-corrected chi connectivity index (χ0v) is 11.8. The van der Waals surface area contributed by atoms with Crippen LogP contribution in [0.25, 0.3) is 0 Å². The van der Waals surface area contributed by atoms with Crippen LogP contribution >= 0.6 is 27.7 Å². The SMILES string of the molecule is NNc1ncc(Br)c(Sc2ccc([N+](=O)[O-])cc2)n1. The number of aromatic nitrogens is 2. The van der Waals surface area contributed by atoms with Gasteiger partial charge in [0.1, 0.15) is 5.03 Å². The van der Waals surface area contributed by atoms with Crippen LogP contribution in [0.5, 0.6) is 0 Å². The molecule has 0 saturated heterocycles. The molecule has 19 heavy (non-hydrogen) atoms. The molecular formula is C10H8BrN5O2S. The first-order valence-electron chi connectivity index (χ1n) is 5.01. The Bertz CT molecular complexity index is 607. The van der Waals surface area contributed by atoms with Gasteiger partial charge in [-0.15, -0.1) is 0 Å². The van der Waals surface area contributed by atoms with Gasteiger partial charge in [-0.2, -0.15) is 0 Å². The second-order valence-corrected chi connectivity index (χ2v) is 5.26. The van der Waals surface area contributed by atoms with Gasteiger partial charge >= 0.3 is 0 Å². The lowest BCUT2D eigenvalue weighted by Gasteiger charge is -2.05. The highest BCUT2D eigenvalue weighted by Gasteiger charge is 2.09. The fourth-order valence-corrected chi connectivity index (χ4v) is 2.45. The lowest BCUT2D eigenvalue weighted by molar-refractivity contribution is -0.384. The number of nitrogens with zero attached hydrogens (tertiary/aromatic N) is 3. The number of benzene rings is 1. The molecule has 7 nitrogen and oxygen atoms in total. The molecule has 0 bridgehead atoms. The molecule has 0 fully saturated rings. The normalized spacial score (nSPS) is 10.2. The number of hydrogen-bond acceptors (Lipinski definition) is 7. The molecule has 1 heterocycles. The smallest absolute Gasteiger partial charge is 0.269 e. The van der Waals surface area contributed by atoms with E-state index in [2.05, 4.69) is 31.3 Å².